The molecule has 0 radical (unpaired) electrons. The van der Waals surface area contributed by atoms with Crippen molar-refractivity contribution in [1.82, 2.24) is 5.32 Å². The monoisotopic (exact) mass is 319 g/mol. The molecule has 0 saturated heterocycles. The fourth-order valence-corrected chi connectivity index (χ4v) is 2.18. The summed E-state index contributed by atoms with van der Waals surface area (Å²) >= 11 is 3.39. The van der Waals surface area contributed by atoms with Crippen LogP contribution in [0.3, 0.4) is 0 Å². The summed E-state index contributed by atoms with van der Waals surface area (Å²) in [6.07, 6.45) is 0.525. The number of aliphatic hydroxyl groups excluding tert-OH is 1. The molecule has 0 heterocycles. The number of hydrogen-bond acceptors (Lipinski definition) is 2. The Labute approximate surface area is 122 Å². The van der Waals surface area contributed by atoms with Crippen molar-refractivity contribution in [3.8, 4) is 0 Å². The van der Waals surface area contributed by atoms with Gasteiger partial charge in [-0.05, 0) is 36.2 Å². The van der Waals surface area contributed by atoms with Gasteiger partial charge in [-0.25, -0.2) is 0 Å². The van der Waals surface area contributed by atoms with E-state index in [1.54, 1.807) is 0 Å². The average molecular weight is 320 g/mol. The van der Waals surface area contributed by atoms with Crippen LogP contribution in [0.15, 0.2) is 59.1 Å². The first-order valence-electron chi connectivity index (χ1n) is 6.44. The molecule has 2 rings (SSSR count). The number of hydrogen-bond donors (Lipinski definition) is 2. The van der Waals surface area contributed by atoms with Crippen LogP contribution in [0.1, 0.15) is 17.2 Å². The minimum Gasteiger partial charge on any atom is -0.387 e. The second kappa shape index (κ2) is 7.43. The Morgan fingerprint density at radius 3 is 2.37 bits per heavy atom. The van der Waals surface area contributed by atoms with E-state index in [9.17, 15) is 5.11 Å². The lowest BCUT2D eigenvalue weighted by Gasteiger charge is -2.12. The van der Waals surface area contributed by atoms with Crippen molar-refractivity contribution in [2.75, 3.05) is 13.1 Å². The number of rotatable bonds is 6. The smallest absolute Gasteiger partial charge is 0.0914 e. The summed E-state index contributed by atoms with van der Waals surface area (Å²) in [7, 11) is 0. The zero-order valence-corrected chi connectivity index (χ0v) is 12.3. The second-order valence-corrected chi connectivity index (χ2v) is 5.42. The van der Waals surface area contributed by atoms with Gasteiger partial charge in [0, 0.05) is 11.0 Å². The number of halogens is 1. The van der Waals surface area contributed by atoms with E-state index in [2.05, 4.69) is 33.4 Å². The molecular weight excluding hydrogens is 302 g/mol. The predicted molar refractivity (Wildman–Crippen MR) is 82.1 cm³/mol. The minimum absolute atomic E-state index is 0.455. The van der Waals surface area contributed by atoms with Crippen molar-refractivity contribution in [2.24, 2.45) is 0 Å². The highest BCUT2D eigenvalue weighted by Crippen LogP contribution is 2.16. The zero-order valence-electron chi connectivity index (χ0n) is 10.7. The molecule has 2 aromatic carbocycles. The Balaban J connectivity index is 1.72. The topological polar surface area (TPSA) is 32.3 Å². The molecule has 100 valence electrons. The summed E-state index contributed by atoms with van der Waals surface area (Å²) in [6.45, 7) is 1.45. The van der Waals surface area contributed by atoms with Crippen molar-refractivity contribution in [2.45, 2.75) is 12.5 Å². The molecule has 0 bridgehead atoms. The minimum atomic E-state index is -0.455. The molecule has 3 heteroatoms. The largest absolute Gasteiger partial charge is 0.387 e. The molecule has 0 aliphatic carbocycles. The van der Waals surface area contributed by atoms with E-state index < -0.39 is 6.10 Å². The van der Waals surface area contributed by atoms with Crippen LogP contribution in [-0.2, 0) is 6.42 Å². The van der Waals surface area contributed by atoms with E-state index in [0.717, 1.165) is 23.0 Å². The first kappa shape index (κ1) is 14.3. The van der Waals surface area contributed by atoms with Gasteiger partial charge in [0.2, 0.25) is 0 Å². The van der Waals surface area contributed by atoms with Crippen LogP contribution in [0.5, 0.6) is 0 Å². The maximum Gasteiger partial charge on any atom is 0.0914 e. The Morgan fingerprint density at radius 1 is 1.00 bits per heavy atom. The quantitative estimate of drug-likeness (QED) is 0.801. The Morgan fingerprint density at radius 2 is 1.68 bits per heavy atom. The van der Waals surface area contributed by atoms with Gasteiger partial charge in [-0.1, -0.05) is 58.4 Å². The Bertz CT molecular complexity index is 484. The van der Waals surface area contributed by atoms with Crippen LogP contribution in [0.4, 0.5) is 0 Å². The van der Waals surface area contributed by atoms with Crippen molar-refractivity contribution in [3.05, 3.63) is 70.2 Å². The van der Waals surface area contributed by atoms with Gasteiger partial charge in [0.1, 0.15) is 0 Å². The molecular formula is C16H18BrNO. The molecule has 2 nitrogen and oxygen atoms in total. The van der Waals surface area contributed by atoms with Crippen LogP contribution in [0.2, 0.25) is 0 Å². The van der Waals surface area contributed by atoms with Gasteiger partial charge in [0.25, 0.3) is 0 Å². The van der Waals surface area contributed by atoms with Gasteiger partial charge in [-0.2, -0.15) is 0 Å². The molecule has 2 aromatic rings. The lowest BCUT2D eigenvalue weighted by Crippen LogP contribution is -2.23. The Kier molecular flexibility index (Phi) is 5.58. The molecule has 2 N–H and O–H groups in total. The third-order valence-electron chi connectivity index (χ3n) is 3.03. The lowest BCUT2D eigenvalue weighted by atomic mass is 10.1. The lowest BCUT2D eigenvalue weighted by molar-refractivity contribution is 0.175. The van der Waals surface area contributed by atoms with E-state index in [1.807, 2.05) is 42.5 Å². The van der Waals surface area contributed by atoms with Crippen LogP contribution in [0.25, 0.3) is 0 Å². The van der Waals surface area contributed by atoms with E-state index >= 15 is 0 Å². The van der Waals surface area contributed by atoms with E-state index in [4.69, 9.17) is 0 Å². The standard InChI is InChI=1S/C16H18BrNO/c17-15-8-6-14(7-9-15)16(19)12-18-11-10-13-4-2-1-3-5-13/h1-9,16,18-19H,10-12H2/t16-/m1/s1. The van der Waals surface area contributed by atoms with Gasteiger partial charge in [-0.3, -0.25) is 0 Å². The first-order chi connectivity index (χ1) is 9.25. The third-order valence-corrected chi connectivity index (χ3v) is 3.55. The van der Waals surface area contributed by atoms with Crippen LogP contribution < -0.4 is 5.32 Å². The molecule has 1 atom stereocenters. The summed E-state index contributed by atoms with van der Waals surface area (Å²) in [6, 6.07) is 18.1. The zero-order chi connectivity index (χ0) is 13.5. The normalized spacial score (nSPS) is 12.3. The maximum atomic E-state index is 10.0. The molecule has 0 fully saturated rings. The summed E-state index contributed by atoms with van der Waals surface area (Å²) in [5, 5.41) is 13.3. The van der Waals surface area contributed by atoms with E-state index in [-0.39, 0.29) is 0 Å². The molecule has 0 unspecified atom stereocenters. The van der Waals surface area contributed by atoms with Gasteiger partial charge in [0.05, 0.1) is 6.10 Å². The number of benzene rings is 2. The van der Waals surface area contributed by atoms with E-state index in [0.29, 0.717) is 6.54 Å². The van der Waals surface area contributed by atoms with Crippen LogP contribution in [-0.4, -0.2) is 18.2 Å². The van der Waals surface area contributed by atoms with Crippen LogP contribution in [0, 0.1) is 0 Å². The molecule has 0 aliphatic heterocycles. The second-order valence-electron chi connectivity index (χ2n) is 4.51. The van der Waals surface area contributed by atoms with Gasteiger partial charge in [-0.15, -0.1) is 0 Å². The maximum absolute atomic E-state index is 10.0. The summed E-state index contributed by atoms with van der Waals surface area (Å²) in [5.41, 5.74) is 2.25. The average Bonchev–Trinajstić information content (AvgIpc) is 2.45. The molecule has 0 saturated carbocycles. The summed E-state index contributed by atoms with van der Waals surface area (Å²) < 4.78 is 1.03. The van der Waals surface area contributed by atoms with Gasteiger partial charge < -0.3 is 10.4 Å². The van der Waals surface area contributed by atoms with Gasteiger partial charge in [0.15, 0.2) is 0 Å². The number of nitrogens with one attached hydrogen (secondary N) is 1. The van der Waals surface area contributed by atoms with Crippen molar-refractivity contribution in [1.29, 1.82) is 0 Å². The Hall–Kier alpha value is -1.16. The van der Waals surface area contributed by atoms with Crippen molar-refractivity contribution in [3.63, 3.8) is 0 Å². The fraction of sp³-hybridized carbons (Fsp3) is 0.250. The summed E-state index contributed by atoms with van der Waals surface area (Å²) in [5.74, 6) is 0. The third kappa shape index (κ3) is 4.78. The van der Waals surface area contributed by atoms with Crippen molar-refractivity contribution < 1.29 is 5.11 Å². The molecule has 19 heavy (non-hydrogen) atoms. The highest BCUT2D eigenvalue weighted by atomic mass is 79.9. The van der Waals surface area contributed by atoms with Crippen molar-refractivity contribution >= 4 is 15.9 Å². The number of aliphatic hydroxyl groups is 1. The predicted octanol–water partition coefficient (Wildman–Crippen LogP) is 3.31. The van der Waals surface area contributed by atoms with Gasteiger partial charge >= 0.3 is 0 Å². The fourth-order valence-electron chi connectivity index (χ4n) is 1.92. The summed E-state index contributed by atoms with van der Waals surface area (Å²) in [4.78, 5) is 0. The molecule has 0 spiro atoms. The first-order valence-corrected chi connectivity index (χ1v) is 7.23. The molecule has 0 aromatic heterocycles. The highest BCUT2D eigenvalue weighted by molar-refractivity contribution is 9.10. The SMILES string of the molecule is O[C@H](CNCCc1ccccc1)c1ccc(Br)cc1. The van der Waals surface area contributed by atoms with Crippen LogP contribution >= 0.6 is 15.9 Å². The molecule has 0 aliphatic rings. The van der Waals surface area contributed by atoms with E-state index in [1.165, 1.54) is 5.56 Å². The molecule has 0 amide bonds. The highest BCUT2D eigenvalue weighted by Gasteiger charge is 2.06.